The number of fused-ring (bicyclic) bond motifs is 2. The van der Waals surface area contributed by atoms with E-state index in [1.165, 1.54) is 12.8 Å². The molecule has 4 aromatic rings. The number of imidazole rings is 1. The second kappa shape index (κ2) is 9.90. The van der Waals surface area contributed by atoms with E-state index in [0.29, 0.717) is 35.0 Å². The van der Waals surface area contributed by atoms with Crippen molar-refractivity contribution in [1.29, 1.82) is 0 Å². The summed E-state index contributed by atoms with van der Waals surface area (Å²) in [7, 11) is 0. The highest BCUT2D eigenvalue weighted by Gasteiger charge is 2.47. The third kappa shape index (κ3) is 4.75. The monoisotopic (exact) mass is 523 g/mol. The van der Waals surface area contributed by atoms with Gasteiger partial charge in [-0.05, 0) is 30.9 Å². The van der Waals surface area contributed by atoms with Crippen LogP contribution in [0.5, 0.6) is 0 Å². The molecule has 4 aromatic heterocycles. The molecule has 11 heteroatoms. The van der Waals surface area contributed by atoms with Gasteiger partial charge in [-0.2, -0.15) is 0 Å². The zero-order valence-corrected chi connectivity index (χ0v) is 21.7. The Balaban J connectivity index is 1.50. The predicted octanol–water partition coefficient (Wildman–Crippen LogP) is 4.68. The quantitative estimate of drug-likeness (QED) is 0.314. The van der Waals surface area contributed by atoms with Crippen molar-refractivity contribution in [2.45, 2.75) is 64.6 Å². The average molecular weight is 524 g/mol. The van der Waals surface area contributed by atoms with Crippen LogP contribution >= 0.6 is 11.6 Å². The Hall–Kier alpha value is -3.24. The van der Waals surface area contributed by atoms with Gasteiger partial charge in [-0.15, -0.1) is 0 Å². The summed E-state index contributed by atoms with van der Waals surface area (Å²) in [5.74, 6) is 1.26. The van der Waals surface area contributed by atoms with Crippen molar-refractivity contribution >= 4 is 28.6 Å². The first kappa shape index (κ1) is 24.1. The maximum Gasteiger partial charge on any atom is 0.439 e. The molecule has 194 valence electrons. The lowest BCUT2D eigenvalue weighted by Gasteiger charge is -2.28. The van der Waals surface area contributed by atoms with Crippen molar-refractivity contribution in [2.75, 3.05) is 18.1 Å². The molecule has 3 unspecified atom stereocenters. The zero-order valence-electron chi connectivity index (χ0n) is 21.0. The second-order valence-electron chi connectivity index (χ2n) is 10.0. The van der Waals surface area contributed by atoms with Crippen molar-refractivity contribution < 1.29 is 9.26 Å². The SMILES string of the molecule is CCC(C)CCCCn1c(N2CCOC3CC32)nc2cc(-c3noc(=O)[nH]3)nc(-c3cncc(Cl)c3)c21. The molecule has 0 spiro atoms. The topological polar surface area (TPSA) is 115 Å². The number of anilines is 1. The van der Waals surface area contributed by atoms with Crippen LogP contribution in [-0.2, 0) is 11.3 Å². The van der Waals surface area contributed by atoms with E-state index in [4.69, 9.17) is 30.8 Å². The van der Waals surface area contributed by atoms with Crippen LogP contribution in [0, 0.1) is 5.92 Å². The number of ether oxygens (including phenoxy) is 1. The summed E-state index contributed by atoms with van der Waals surface area (Å²) in [6, 6.07) is 4.05. The summed E-state index contributed by atoms with van der Waals surface area (Å²) < 4.78 is 12.9. The smallest absolute Gasteiger partial charge is 0.374 e. The molecule has 1 saturated heterocycles. The van der Waals surface area contributed by atoms with E-state index in [9.17, 15) is 4.79 Å². The van der Waals surface area contributed by atoms with Gasteiger partial charge in [0.05, 0.1) is 40.5 Å². The molecule has 5 heterocycles. The molecule has 0 bridgehead atoms. The van der Waals surface area contributed by atoms with Crippen LogP contribution in [0.2, 0.25) is 5.02 Å². The van der Waals surface area contributed by atoms with E-state index >= 15 is 0 Å². The molecule has 2 fully saturated rings. The highest BCUT2D eigenvalue weighted by atomic mass is 35.5. The van der Waals surface area contributed by atoms with Gasteiger partial charge in [0, 0.05) is 31.0 Å². The Morgan fingerprint density at radius 2 is 2.14 bits per heavy atom. The van der Waals surface area contributed by atoms with E-state index in [1.807, 2.05) is 12.1 Å². The zero-order chi connectivity index (χ0) is 25.5. The number of morpholine rings is 1. The molecule has 0 aromatic carbocycles. The summed E-state index contributed by atoms with van der Waals surface area (Å²) in [4.78, 5) is 31.0. The van der Waals surface area contributed by atoms with Crippen LogP contribution < -0.4 is 10.7 Å². The summed E-state index contributed by atoms with van der Waals surface area (Å²) >= 11 is 6.33. The third-order valence-electron chi connectivity index (χ3n) is 7.41. The number of aromatic nitrogens is 6. The van der Waals surface area contributed by atoms with E-state index in [-0.39, 0.29) is 11.9 Å². The van der Waals surface area contributed by atoms with E-state index in [1.54, 1.807) is 12.4 Å². The number of aromatic amines is 1. The average Bonchev–Trinajstić information content (AvgIpc) is 3.44. The minimum Gasteiger partial charge on any atom is -0.374 e. The number of halogens is 1. The fourth-order valence-electron chi connectivity index (χ4n) is 5.13. The van der Waals surface area contributed by atoms with E-state index < -0.39 is 5.76 Å². The molecule has 37 heavy (non-hydrogen) atoms. The first-order chi connectivity index (χ1) is 18.0. The molecule has 0 amide bonds. The third-order valence-corrected chi connectivity index (χ3v) is 7.62. The highest BCUT2D eigenvalue weighted by Crippen LogP contribution is 2.40. The van der Waals surface area contributed by atoms with Gasteiger partial charge in [0.15, 0.2) is 0 Å². The van der Waals surface area contributed by atoms with Gasteiger partial charge in [-0.1, -0.05) is 49.9 Å². The van der Waals surface area contributed by atoms with Gasteiger partial charge in [-0.3, -0.25) is 14.5 Å². The maximum absolute atomic E-state index is 11.7. The predicted molar refractivity (Wildman–Crippen MR) is 141 cm³/mol. The number of H-pyrrole nitrogens is 1. The normalized spacial score (nSPS) is 19.8. The fraction of sp³-hybridized carbons (Fsp3) is 0.500. The van der Waals surface area contributed by atoms with Crippen LogP contribution in [-0.4, -0.2) is 55.0 Å². The Morgan fingerprint density at radius 1 is 1.24 bits per heavy atom. The molecule has 2 aliphatic rings. The molecule has 1 N–H and O–H groups in total. The van der Waals surface area contributed by atoms with Gasteiger partial charge in [-0.25, -0.2) is 14.8 Å². The van der Waals surface area contributed by atoms with Gasteiger partial charge in [0.25, 0.3) is 0 Å². The summed E-state index contributed by atoms with van der Waals surface area (Å²) in [5.41, 5.74) is 3.61. The molecular formula is C26H30ClN7O3. The number of pyridine rings is 2. The van der Waals surface area contributed by atoms with Crippen LogP contribution in [0.25, 0.3) is 33.8 Å². The molecule has 6 rings (SSSR count). The Bertz CT molecular complexity index is 1480. The fourth-order valence-corrected chi connectivity index (χ4v) is 5.30. The number of rotatable bonds is 9. The lowest BCUT2D eigenvalue weighted by molar-refractivity contribution is 0.102. The Morgan fingerprint density at radius 3 is 2.92 bits per heavy atom. The molecule has 0 radical (unpaired) electrons. The van der Waals surface area contributed by atoms with Crippen molar-refractivity contribution in [3.63, 3.8) is 0 Å². The molecule has 10 nitrogen and oxygen atoms in total. The molecular weight excluding hydrogens is 494 g/mol. The van der Waals surface area contributed by atoms with Gasteiger partial charge in [0.2, 0.25) is 11.8 Å². The van der Waals surface area contributed by atoms with Gasteiger partial charge >= 0.3 is 5.76 Å². The lowest BCUT2D eigenvalue weighted by Crippen LogP contribution is -2.38. The van der Waals surface area contributed by atoms with E-state index in [0.717, 1.165) is 54.9 Å². The van der Waals surface area contributed by atoms with Crippen LogP contribution in [0.4, 0.5) is 5.95 Å². The molecule has 1 saturated carbocycles. The number of nitrogens with zero attached hydrogens (tertiary/aromatic N) is 6. The van der Waals surface area contributed by atoms with Crippen LogP contribution in [0.3, 0.4) is 0 Å². The van der Waals surface area contributed by atoms with Crippen molar-refractivity contribution in [1.82, 2.24) is 29.7 Å². The minimum absolute atomic E-state index is 0.251. The number of unbranched alkanes of at least 4 members (excludes halogenated alkanes) is 1. The first-order valence-electron chi connectivity index (χ1n) is 13.0. The van der Waals surface area contributed by atoms with Crippen LogP contribution in [0.1, 0.15) is 46.0 Å². The molecule has 1 aliphatic carbocycles. The van der Waals surface area contributed by atoms with Crippen molar-refractivity contribution in [3.8, 4) is 22.8 Å². The number of hydrogen-bond acceptors (Lipinski definition) is 8. The van der Waals surface area contributed by atoms with Crippen molar-refractivity contribution in [3.05, 3.63) is 40.1 Å². The van der Waals surface area contributed by atoms with Crippen molar-refractivity contribution in [2.24, 2.45) is 5.92 Å². The lowest BCUT2D eigenvalue weighted by atomic mass is 10.0. The summed E-state index contributed by atoms with van der Waals surface area (Å²) in [6.45, 7) is 6.85. The molecule has 3 atom stereocenters. The standard InChI is InChI=1S/C26H30ClN7O3/c1-3-15(2)6-4-5-7-34-23-18(30-25(34)33-8-9-36-21-12-20(21)33)11-19(24-31-26(35)37-32-24)29-22(23)16-10-17(27)14-28-13-16/h10-11,13-15,20-21H,3-9,12H2,1-2H3,(H,31,32,35). The number of aryl methyl sites for hydroxylation is 1. The number of nitrogens with one attached hydrogen (secondary N) is 1. The van der Waals surface area contributed by atoms with Gasteiger partial charge < -0.3 is 14.2 Å². The Labute approximate surface area is 219 Å². The second-order valence-corrected chi connectivity index (χ2v) is 10.5. The minimum atomic E-state index is -0.636. The van der Waals surface area contributed by atoms with E-state index in [2.05, 4.69) is 38.4 Å². The van der Waals surface area contributed by atoms with Gasteiger partial charge in [0.1, 0.15) is 5.69 Å². The van der Waals surface area contributed by atoms with Crippen LogP contribution in [0.15, 0.2) is 33.8 Å². The Kier molecular flexibility index (Phi) is 6.46. The largest absolute Gasteiger partial charge is 0.439 e. The highest BCUT2D eigenvalue weighted by molar-refractivity contribution is 6.30. The molecule has 1 aliphatic heterocycles. The first-order valence-corrected chi connectivity index (χ1v) is 13.4. The number of hydrogen-bond donors (Lipinski definition) is 1. The summed E-state index contributed by atoms with van der Waals surface area (Å²) in [6.07, 6.45) is 9.21. The summed E-state index contributed by atoms with van der Waals surface area (Å²) in [5, 5.41) is 4.37. The maximum atomic E-state index is 11.7.